The maximum absolute atomic E-state index is 12.5. The number of carbonyl (C=O) groups is 4. The summed E-state index contributed by atoms with van der Waals surface area (Å²) in [5, 5.41) is 0. The van der Waals surface area contributed by atoms with Crippen molar-refractivity contribution in [1.29, 1.82) is 0 Å². The Bertz CT molecular complexity index is 1020. The quantitative estimate of drug-likeness (QED) is 0.164. The topological polar surface area (TPSA) is 96.0 Å². The van der Waals surface area contributed by atoms with Gasteiger partial charge in [0.1, 0.15) is 0 Å². The third kappa shape index (κ3) is 6.67. The van der Waals surface area contributed by atoms with Gasteiger partial charge in [-0.1, -0.05) is 38.8 Å². The molecule has 6 aliphatic rings. The van der Waals surface area contributed by atoms with Crippen molar-refractivity contribution >= 4 is 23.9 Å². The fourth-order valence-corrected chi connectivity index (χ4v) is 9.94. The van der Waals surface area contributed by atoms with Crippen molar-refractivity contribution in [3.63, 3.8) is 0 Å². The van der Waals surface area contributed by atoms with Gasteiger partial charge in [-0.15, -0.1) is 0 Å². The van der Waals surface area contributed by atoms with E-state index in [1.807, 2.05) is 0 Å². The van der Waals surface area contributed by atoms with Crippen LogP contribution in [0.1, 0.15) is 110 Å². The summed E-state index contributed by atoms with van der Waals surface area (Å²) in [6, 6.07) is 0. The van der Waals surface area contributed by atoms with Crippen molar-refractivity contribution in [2.45, 2.75) is 116 Å². The molecule has 0 aromatic rings. The summed E-state index contributed by atoms with van der Waals surface area (Å²) in [7, 11) is 0. The number of allylic oxidation sites excluding steroid dienone is 2. The van der Waals surface area contributed by atoms with Crippen LogP contribution >= 0.6 is 0 Å². The van der Waals surface area contributed by atoms with Crippen LogP contribution < -0.4 is 0 Å². The summed E-state index contributed by atoms with van der Waals surface area (Å²) in [6.07, 6.45) is 23.2. The van der Waals surface area contributed by atoms with Crippen molar-refractivity contribution in [2.75, 3.05) is 6.61 Å². The molecule has 0 N–H and O–H groups in total. The molecule has 238 valence electrons. The number of esters is 4. The minimum absolute atomic E-state index is 0.0558. The van der Waals surface area contributed by atoms with Crippen molar-refractivity contribution in [3.05, 3.63) is 12.2 Å². The van der Waals surface area contributed by atoms with E-state index in [0.29, 0.717) is 5.92 Å². The summed E-state index contributed by atoms with van der Waals surface area (Å²) in [6.45, 7) is 4.96. The number of hydrogen-bond donors (Lipinski definition) is 0. The highest BCUT2D eigenvalue weighted by Crippen LogP contribution is 2.50. The van der Waals surface area contributed by atoms with Crippen LogP contribution in [-0.2, 0) is 33.4 Å². The van der Waals surface area contributed by atoms with E-state index < -0.39 is 53.5 Å². The minimum atomic E-state index is -0.730. The zero-order valence-corrected chi connectivity index (χ0v) is 26.3. The maximum atomic E-state index is 12.5. The molecule has 4 aliphatic carbocycles. The normalized spacial score (nSPS) is 42.4. The number of cyclic esters (lactones) is 4. The lowest BCUT2D eigenvalue weighted by Crippen LogP contribution is -2.45. The van der Waals surface area contributed by atoms with Crippen LogP contribution in [-0.4, -0.2) is 36.6 Å². The summed E-state index contributed by atoms with van der Waals surface area (Å²) in [5.74, 6) is -0.685. The number of ether oxygens (including phenoxy) is 3. The van der Waals surface area contributed by atoms with E-state index in [4.69, 9.17) is 14.2 Å². The van der Waals surface area contributed by atoms with Crippen LogP contribution in [0.2, 0.25) is 0 Å². The highest BCUT2D eigenvalue weighted by atomic mass is 16.6. The first kappa shape index (κ1) is 31.0. The van der Waals surface area contributed by atoms with Gasteiger partial charge in [-0.05, 0) is 119 Å². The highest BCUT2D eigenvalue weighted by molar-refractivity contribution is 6.01. The monoisotopic (exact) mass is 596 g/mol. The van der Waals surface area contributed by atoms with Crippen molar-refractivity contribution in [1.82, 2.24) is 0 Å². The zero-order valence-electron chi connectivity index (χ0n) is 26.3. The van der Waals surface area contributed by atoms with Gasteiger partial charge in [0, 0.05) is 5.92 Å². The Morgan fingerprint density at radius 3 is 1.70 bits per heavy atom. The fraction of sp³-hybridized carbons (Fsp3) is 0.833. The first-order valence-electron chi connectivity index (χ1n) is 17.6. The summed E-state index contributed by atoms with van der Waals surface area (Å²) in [4.78, 5) is 49.6. The Balaban J connectivity index is 0.923. The fourth-order valence-electron chi connectivity index (χ4n) is 9.94. The molecular formula is C36H52O7. The van der Waals surface area contributed by atoms with E-state index in [2.05, 4.69) is 26.0 Å². The molecule has 2 aliphatic heterocycles. The van der Waals surface area contributed by atoms with Crippen LogP contribution in [0, 0.1) is 65.1 Å². The molecule has 4 saturated carbocycles. The van der Waals surface area contributed by atoms with E-state index >= 15 is 0 Å². The lowest BCUT2D eigenvalue weighted by atomic mass is 9.63. The molecule has 0 amide bonds. The third-order valence-corrected chi connectivity index (χ3v) is 12.6. The molecule has 6 rings (SSSR count). The van der Waals surface area contributed by atoms with Crippen LogP contribution in [0.4, 0.5) is 0 Å². The van der Waals surface area contributed by atoms with Gasteiger partial charge in [0.15, 0.2) is 0 Å². The van der Waals surface area contributed by atoms with Crippen LogP contribution in [0.5, 0.6) is 0 Å². The predicted molar refractivity (Wildman–Crippen MR) is 160 cm³/mol. The molecule has 7 heteroatoms. The van der Waals surface area contributed by atoms with E-state index in [1.165, 1.54) is 64.2 Å². The van der Waals surface area contributed by atoms with Gasteiger partial charge in [-0.3, -0.25) is 19.2 Å². The molecule has 0 aromatic carbocycles. The molecular weight excluding hydrogens is 544 g/mol. The Morgan fingerprint density at radius 2 is 1.19 bits per heavy atom. The van der Waals surface area contributed by atoms with Crippen molar-refractivity contribution < 1.29 is 33.4 Å². The first-order valence-corrected chi connectivity index (χ1v) is 17.6. The second-order valence-corrected chi connectivity index (χ2v) is 15.0. The van der Waals surface area contributed by atoms with E-state index in [9.17, 15) is 19.2 Å². The van der Waals surface area contributed by atoms with Gasteiger partial charge in [0.2, 0.25) is 0 Å². The molecule has 5 atom stereocenters. The first-order chi connectivity index (χ1) is 20.8. The van der Waals surface area contributed by atoms with Gasteiger partial charge in [-0.25, -0.2) is 0 Å². The molecule has 2 saturated heterocycles. The molecule has 43 heavy (non-hydrogen) atoms. The van der Waals surface area contributed by atoms with E-state index in [0.717, 1.165) is 55.3 Å². The van der Waals surface area contributed by atoms with Gasteiger partial charge < -0.3 is 14.2 Å². The van der Waals surface area contributed by atoms with Gasteiger partial charge in [0.25, 0.3) is 0 Å². The Morgan fingerprint density at radius 1 is 0.698 bits per heavy atom. The van der Waals surface area contributed by atoms with Crippen LogP contribution in [0.3, 0.4) is 0 Å². The van der Waals surface area contributed by atoms with Crippen LogP contribution in [0.25, 0.3) is 0 Å². The Hall–Kier alpha value is -2.02. The lowest BCUT2D eigenvalue weighted by Gasteiger charge is -2.39. The van der Waals surface area contributed by atoms with Crippen molar-refractivity contribution in [3.8, 4) is 0 Å². The zero-order chi connectivity index (χ0) is 30.1. The largest absolute Gasteiger partial charge is 0.393 e. The molecule has 0 bridgehead atoms. The second-order valence-electron chi connectivity index (χ2n) is 15.0. The third-order valence-electron chi connectivity index (χ3n) is 12.6. The molecule has 0 radical (unpaired) electrons. The number of rotatable bonds is 9. The molecule has 7 nitrogen and oxygen atoms in total. The molecule has 0 aromatic heterocycles. The number of fused-ring (bicyclic) bond motifs is 2. The lowest BCUT2D eigenvalue weighted by molar-refractivity contribution is -0.155. The average Bonchev–Trinajstić information content (AvgIpc) is 3.48. The van der Waals surface area contributed by atoms with Crippen molar-refractivity contribution in [2.24, 2.45) is 65.1 Å². The predicted octanol–water partition coefficient (Wildman–Crippen LogP) is 6.82. The summed E-state index contributed by atoms with van der Waals surface area (Å²) < 4.78 is 16.1. The molecule has 6 fully saturated rings. The SMILES string of the molecule is CCCC(C)C1CCC(C2CCC(/C=C/C3CCC(OCC4C5C(=O)OC(=O)C5CC5C(=O)OC(=O)C54)CC3)CC2)CC1. The van der Waals surface area contributed by atoms with Gasteiger partial charge >= 0.3 is 23.9 Å². The number of carbonyl (C=O) groups excluding carboxylic acids is 4. The molecule has 0 spiro atoms. The van der Waals surface area contributed by atoms with Gasteiger partial charge in [-0.2, -0.15) is 0 Å². The summed E-state index contributed by atoms with van der Waals surface area (Å²) >= 11 is 0. The van der Waals surface area contributed by atoms with Gasteiger partial charge in [0.05, 0.1) is 36.4 Å². The van der Waals surface area contributed by atoms with Crippen LogP contribution in [0.15, 0.2) is 12.2 Å². The average molecular weight is 597 g/mol. The Labute approximate surface area is 257 Å². The number of hydrogen-bond acceptors (Lipinski definition) is 7. The maximum Gasteiger partial charge on any atom is 0.317 e. The second kappa shape index (κ2) is 13.5. The summed E-state index contributed by atoms with van der Waals surface area (Å²) in [5.41, 5.74) is 0. The minimum Gasteiger partial charge on any atom is -0.393 e. The highest BCUT2D eigenvalue weighted by Gasteiger charge is 2.63. The standard InChI is InChI=1S/C36H52O7/c1-3-4-21(2)24-13-15-26(16-14-24)25-11-7-22(8-12-25)5-6-23-9-17-27(18-10-23)41-20-30-31-28(33(37)42-35(31)39)19-29-32(30)36(40)43-34(29)38/h5-6,21-32H,3-4,7-20H2,1-2H3/b6-5+. The van der Waals surface area contributed by atoms with E-state index in [1.54, 1.807) is 0 Å². The Kier molecular flexibility index (Phi) is 9.76. The smallest absolute Gasteiger partial charge is 0.317 e. The molecule has 2 heterocycles. The molecule has 5 unspecified atom stereocenters. The van der Waals surface area contributed by atoms with E-state index in [-0.39, 0.29) is 19.1 Å².